The summed E-state index contributed by atoms with van der Waals surface area (Å²) in [6, 6.07) is 7.19. The summed E-state index contributed by atoms with van der Waals surface area (Å²) in [6.07, 6.45) is 0.996. The van der Waals surface area contributed by atoms with E-state index in [1.165, 1.54) is 0 Å². The fourth-order valence-electron chi connectivity index (χ4n) is 1.91. The van der Waals surface area contributed by atoms with Crippen LogP contribution >= 0.6 is 15.9 Å². The van der Waals surface area contributed by atoms with Gasteiger partial charge in [0.05, 0.1) is 5.92 Å². The molecule has 1 amide bonds. The van der Waals surface area contributed by atoms with Crippen molar-refractivity contribution in [3.63, 3.8) is 0 Å². The third-order valence-corrected chi connectivity index (χ3v) is 3.51. The second kappa shape index (κ2) is 6.06. The summed E-state index contributed by atoms with van der Waals surface area (Å²) in [6.45, 7) is -0.0648. The summed E-state index contributed by atoms with van der Waals surface area (Å²) >= 11 is 3.31. The SMILES string of the molecule is O=C(COc1cccc(Br)c1)NC1CC(C(=O)O)C1. The molecule has 19 heavy (non-hydrogen) atoms. The predicted octanol–water partition coefficient (Wildman–Crippen LogP) is 1.81. The van der Waals surface area contributed by atoms with Gasteiger partial charge in [-0.2, -0.15) is 0 Å². The number of benzene rings is 1. The zero-order valence-electron chi connectivity index (χ0n) is 10.1. The van der Waals surface area contributed by atoms with E-state index in [0.29, 0.717) is 18.6 Å². The number of rotatable bonds is 5. The van der Waals surface area contributed by atoms with E-state index in [-0.39, 0.29) is 24.5 Å². The van der Waals surface area contributed by atoms with Gasteiger partial charge in [0.15, 0.2) is 6.61 Å². The molecular weight excluding hydrogens is 314 g/mol. The number of amides is 1. The van der Waals surface area contributed by atoms with Crippen molar-refractivity contribution in [1.29, 1.82) is 0 Å². The van der Waals surface area contributed by atoms with Crippen molar-refractivity contribution < 1.29 is 19.4 Å². The molecule has 1 saturated carbocycles. The van der Waals surface area contributed by atoms with Crippen LogP contribution in [0.1, 0.15) is 12.8 Å². The van der Waals surface area contributed by atoms with Crippen LogP contribution in [-0.4, -0.2) is 29.6 Å². The molecule has 1 fully saturated rings. The van der Waals surface area contributed by atoms with Crippen LogP contribution in [0.4, 0.5) is 0 Å². The first kappa shape index (κ1) is 13.9. The van der Waals surface area contributed by atoms with Gasteiger partial charge in [0, 0.05) is 10.5 Å². The van der Waals surface area contributed by atoms with Gasteiger partial charge >= 0.3 is 5.97 Å². The first-order chi connectivity index (χ1) is 9.04. The van der Waals surface area contributed by atoms with Gasteiger partial charge in [0.1, 0.15) is 5.75 Å². The molecule has 1 aliphatic rings. The van der Waals surface area contributed by atoms with E-state index in [2.05, 4.69) is 21.2 Å². The zero-order chi connectivity index (χ0) is 13.8. The summed E-state index contributed by atoms with van der Waals surface area (Å²) in [7, 11) is 0. The number of carboxylic acid groups (broad SMARTS) is 1. The van der Waals surface area contributed by atoms with Crippen LogP contribution in [0.5, 0.6) is 5.75 Å². The van der Waals surface area contributed by atoms with E-state index in [4.69, 9.17) is 9.84 Å². The van der Waals surface area contributed by atoms with E-state index < -0.39 is 5.97 Å². The van der Waals surface area contributed by atoms with Crippen LogP contribution in [0.25, 0.3) is 0 Å². The molecule has 5 nitrogen and oxygen atoms in total. The molecule has 0 saturated heterocycles. The maximum Gasteiger partial charge on any atom is 0.306 e. The van der Waals surface area contributed by atoms with Gasteiger partial charge in [-0.05, 0) is 31.0 Å². The van der Waals surface area contributed by atoms with Crippen molar-refractivity contribution in [2.45, 2.75) is 18.9 Å². The van der Waals surface area contributed by atoms with E-state index >= 15 is 0 Å². The molecule has 6 heteroatoms. The number of carboxylic acids is 1. The summed E-state index contributed by atoms with van der Waals surface area (Å²) < 4.78 is 6.22. The molecule has 2 N–H and O–H groups in total. The van der Waals surface area contributed by atoms with Crippen LogP contribution in [-0.2, 0) is 9.59 Å². The molecule has 1 aromatic rings. The highest BCUT2D eigenvalue weighted by Gasteiger charge is 2.35. The van der Waals surface area contributed by atoms with E-state index in [9.17, 15) is 9.59 Å². The monoisotopic (exact) mass is 327 g/mol. The number of nitrogens with one attached hydrogen (secondary N) is 1. The molecule has 2 rings (SSSR count). The van der Waals surface area contributed by atoms with Crippen LogP contribution in [0.2, 0.25) is 0 Å². The molecule has 102 valence electrons. The van der Waals surface area contributed by atoms with Gasteiger partial charge < -0.3 is 15.2 Å². The Kier molecular flexibility index (Phi) is 4.42. The fraction of sp³-hybridized carbons (Fsp3) is 0.385. The Morgan fingerprint density at radius 2 is 2.16 bits per heavy atom. The molecule has 0 atom stereocenters. The van der Waals surface area contributed by atoms with Gasteiger partial charge in [-0.1, -0.05) is 22.0 Å². The third-order valence-electron chi connectivity index (χ3n) is 3.02. The van der Waals surface area contributed by atoms with Crippen molar-refractivity contribution >= 4 is 27.8 Å². The molecule has 0 aliphatic heterocycles. The summed E-state index contributed by atoms with van der Waals surface area (Å²) in [5.74, 6) is -0.734. The second-order valence-electron chi connectivity index (χ2n) is 4.52. The number of carbonyl (C=O) groups excluding carboxylic acids is 1. The van der Waals surface area contributed by atoms with Crippen molar-refractivity contribution in [3.05, 3.63) is 28.7 Å². The summed E-state index contributed by atoms with van der Waals surface area (Å²) in [5.41, 5.74) is 0. The molecule has 0 radical (unpaired) electrons. The first-order valence-corrected chi connectivity index (χ1v) is 6.74. The van der Waals surface area contributed by atoms with Gasteiger partial charge in [-0.25, -0.2) is 0 Å². The molecule has 0 heterocycles. The molecule has 0 bridgehead atoms. The fourth-order valence-corrected chi connectivity index (χ4v) is 2.29. The third kappa shape index (κ3) is 3.96. The minimum Gasteiger partial charge on any atom is -0.484 e. The number of halogens is 1. The Bertz CT molecular complexity index is 485. The lowest BCUT2D eigenvalue weighted by molar-refractivity contribution is -0.146. The largest absolute Gasteiger partial charge is 0.484 e. The van der Waals surface area contributed by atoms with Crippen LogP contribution in [0.3, 0.4) is 0 Å². The Morgan fingerprint density at radius 1 is 1.42 bits per heavy atom. The first-order valence-electron chi connectivity index (χ1n) is 5.95. The minimum absolute atomic E-state index is 0.0419. The zero-order valence-corrected chi connectivity index (χ0v) is 11.7. The number of hydrogen-bond acceptors (Lipinski definition) is 3. The molecule has 0 aromatic heterocycles. The number of aliphatic carboxylic acids is 1. The van der Waals surface area contributed by atoms with Crippen molar-refractivity contribution in [1.82, 2.24) is 5.32 Å². The molecule has 1 aliphatic carbocycles. The van der Waals surface area contributed by atoms with Crippen molar-refractivity contribution in [3.8, 4) is 5.75 Å². The molecule has 0 spiro atoms. The number of ether oxygens (including phenoxy) is 1. The van der Waals surface area contributed by atoms with Gasteiger partial charge in [0.2, 0.25) is 0 Å². The van der Waals surface area contributed by atoms with E-state index in [0.717, 1.165) is 4.47 Å². The van der Waals surface area contributed by atoms with Crippen LogP contribution in [0, 0.1) is 5.92 Å². The number of hydrogen-bond donors (Lipinski definition) is 2. The highest BCUT2D eigenvalue weighted by molar-refractivity contribution is 9.10. The van der Waals surface area contributed by atoms with Crippen LogP contribution in [0.15, 0.2) is 28.7 Å². The van der Waals surface area contributed by atoms with E-state index in [1.807, 2.05) is 12.1 Å². The van der Waals surface area contributed by atoms with Gasteiger partial charge in [0.25, 0.3) is 5.91 Å². The Labute approximate surface area is 119 Å². The minimum atomic E-state index is -0.795. The van der Waals surface area contributed by atoms with Crippen molar-refractivity contribution in [2.75, 3.05) is 6.61 Å². The Balaban J connectivity index is 1.70. The second-order valence-corrected chi connectivity index (χ2v) is 5.43. The Hall–Kier alpha value is -1.56. The lowest BCUT2D eigenvalue weighted by atomic mass is 9.80. The average Bonchev–Trinajstić information content (AvgIpc) is 2.30. The topological polar surface area (TPSA) is 75.6 Å². The molecule has 0 unspecified atom stereocenters. The standard InChI is InChI=1S/C13H14BrNO4/c14-9-2-1-3-11(6-9)19-7-12(16)15-10-4-8(5-10)13(17)18/h1-3,6,8,10H,4-5,7H2,(H,15,16)(H,17,18). The maximum absolute atomic E-state index is 11.6. The van der Waals surface area contributed by atoms with Crippen LogP contribution < -0.4 is 10.1 Å². The lowest BCUT2D eigenvalue weighted by Gasteiger charge is -2.32. The molecule has 1 aromatic carbocycles. The summed E-state index contributed by atoms with van der Waals surface area (Å²) in [4.78, 5) is 22.2. The van der Waals surface area contributed by atoms with Gasteiger partial charge in [-0.15, -0.1) is 0 Å². The summed E-state index contributed by atoms with van der Waals surface area (Å²) in [5, 5.41) is 11.5. The highest BCUT2D eigenvalue weighted by atomic mass is 79.9. The normalized spacial score (nSPS) is 21.3. The maximum atomic E-state index is 11.6. The highest BCUT2D eigenvalue weighted by Crippen LogP contribution is 2.27. The average molecular weight is 328 g/mol. The smallest absolute Gasteiger partial charge is 0.306 e. The number of carbonyl (C=O) groups is 2. The van der Waals surface area contributed by atoms with Crippen molar-refractivity contribution in [2.24, 2.45) is 5.92 Å². The Morgan fingerprint density at radius 3 is 2.79 bits per heavy atom. The van der Waals surface area contributed by atoms with E-state index in [1.54, 1.807) is 12.1 Å². The molecular formula is C13H14BrNO4. The quantitative estimate of drug-likeness (QED) is 0.864. The lowest BCUT2D eigenvalue weighted by Crippen LogP contribution is -2.48. The van der Waals surface area contributed by atoms with Gasteiger partial charge in [-0.3, -0.25) is 9.59 Å². The predicted molar refractivity (Wildman–Crippen MR) is 71.9 cm³/mol.